The van der Waals surface area contributed by atoms with E-state index in [1.807, 2.05) is 27.7 Å². The van der Waals surface area contributed by atoms with Crippen LogP contribution in [-0.2, 0) is 13.6 Å². The first-order chi connectivity index (χ1) is 9.84. The highest BCUT2D eigenvalue weighted by molar-refractivity contribution is 6.78. The van der Waals surface area contributed by atoms with Crippen molar-refractivity contribution in [2.45, 2.75) is 97.5 Å². The third kappa shape index (κ3) is 6.16. The fraction of sp³-hybridized carbons (Fsp3) is 0.941. The van der Waals surface area contributed by atoms with Crippen LogP contribution in [0.1, 0.15) is 69.2 Å². The quantitative estimate of drug-likeness (QED) is 0.568. The van der Waals surface area contributed by atoms with Crippen molar-refractivity contribution in [3.8, 4) is 0 Å². The van der Waals surface area contributed by atoms with Gasteiger partial charge in [0.15, 0.2) is 0 Å². The predicted molar refractivity (Wildman–Crippen MR) is 97.7 cm³/mol. The lowest BCUT2D eigenvalue weighted by molar-refractivity contribution is -0.139. The first-order valence-electron chi connectivity index (χ1n) is 8.48. The van der Waals surface area contributed by atoms with E-state index < -0.39 is 8.32 Å². The molecule has 0 aliphatic rings. The van der Waals surface area contributed by atoms with Crippen molar-refractivity contribution >= 4 is 24.0 Å². The van der Waals surface area contributed by atoms with E-state index in [2.05, 4.69) is 41.5 Å². The Labute approximate surface area is 141 Å². The maximum atomic E-state index is 12.6. The van der Waals surface area contributed by atoms with Gasteiger partial charge in [-0.15, -0.1) is 0 Å². The Balaban J connectivity index is 4.83. The van der Waals surface area contributed by atoms with Crippen LogP contribution in [0.3, 0.4) is 0 Å². The van der Waals surface area contributed by atoms with Crippen LogP contribution in [0.5, 0.6) is 0 Å². The Morgan fingerprint density at radius 3 is 1.68 bits per heavy atom. The molecule has 0 N–H and O–H groups in total. The highest BCUT2D eigenvalue weighted by Gasteiger charge is 2.48. The first kappa shape index (κ1) is 21.9. The van der Waals surface area contributed by atoms with E-state index in [-0.39, 0.29) is 17.5 Å². The van der Waals surface area contributed by atoms with Crippen LogP contribution in [0.15, 0.2) is 0 Å². The van der Waals surface area contributed by atoms with Gasteiger partial charge in [-0.3, -0.25) is 4.79 Å². The zero-order valence-electron chi connectivity index (χ0n) is 16.2. The molecule has 0 saturated heterocycles. The van der Waals surface area contributed by atoms with E-state index in [1.165, 1.54) is 0 Å². The summed E-state index contributed by atoms with van der Waals surface area (Å²) < 4.78 is 12.0. The molecule has 2 radical (unpaired) electrons. The third-order valence-corrected chi connectivity index (χ3v) is 11.7. The second-order valence-electron chi connectivity index (χ2n) is 8.20. The summed E-state index contributed by atoms with van der Waals surface area (Å²) >= 11 is 0. The molecule has 0 bridgehead atoms. The Bertz CT molecular complexity index is 325. The van der Waals surface area contributed by atoms with Crippen LogP contribution < -0.4 is 0 Å². The Kier molecular flexibility index (Phi) is 8.59. The van der Waals surface area contributed by atoms with Gasteiger partial charge in [0.05, 0.1) is 5.92 Å². The smallest absolute Gasteiger partial charge is 0.295 e. The Morgan fingerprint density at radius 2 is 1.36 bits per heavy atom. The van der Waals surface area contributed by atoms with Crippen molar-refractivity contribution < 1.29 is 13.6 Å². The van der Waals surface area contributed by atoms with Gasteiger partial charge >= 0.3 is 0 Å². The van der Waals surface area contributed by atoms with Gasteiger partial charge in [0.2, 0.25) is 9.76 Å². The van der Waals surface area contributed by atoms with Gasteiger partial charge < -0.3 is 8.85 Å². The van der Waals surface area contributed by atoms with E-state index in [0.29, 0.717) is 26.4 Å². The van der Waals surface area contributed by atoms with Crippen molar-refractivity contribution in [3.63, 3.8) is 0 Å². The molecule has 130 valence electrons. The molecular formula is C17H36O3Si2. The van der Waals surface area contributed by atoms with Gasteiger partial charge in [-0.25, -0.2) is 0 Å². The van der Waals surface area contributed by atoms with Gasteiger partial charge in [0.1, 0.15) is 0 Å². The third-order valence-electron chi connectivity index (χ3n) is 4.15. The zero-order chi connectivity index (χ0) is 17.7. The number of rotatable bonds is 8. The van der Waals surface area contributed by atoms with Gasteiger partial charge in [-0.1, -0.05) is 48.5 Å². The van der Waals surface area contributed by atoms with Crippen LogP contribution in [0, 0.1) is 5.92 Å². The van der Waals surface area contributed by atoms with Gasteiger partial charge in [-0.05, 0) is 43.4 Å². The maximum absolute atomic E-state index is 12.6. The Morgan fingerprint density at radius 1 is 0.955 bits per heavy atom. The van der Waals surface area contributed by atoms with Crippen molar-refractivity contribution in [2.24, 2.45) is 5.92 Å². The van der Waals surface area contributed by atoms with Crippen molar-refractivity contribution in [3.05, 3.63) is 0 Å². The Hall–Kier alpha value is -0.136. The summed E-state index contributed by atoms with van der Waals surface area (Å²) in [4.78, 5) is 12.6. The predicted octanol–water partition coefficient (Wildman–Crippen LogP) is 5.19. The van der Waals surface area contributed by atoms with E-state index in [9.17, 15) is 4.79 Å². The lowest BCUT2D eigenvalue weighted by Crippen LogP contribution is -2.50. The molecule has 1 unspecified atom stereocenters. The zero-order valence-corrected chi connectivity index (χ0v) is 18.2. The molecule has 0 saturated carbocycles. The van der Waals surface area contributed by atoms with Crippen molar-refractivity contribution in [1.29, 1.82) is 0 Å². The molecule has 0 aliphatic carbocycles. The minimum atomic E-state index is -2.12. The van der Waals surface area contributed by atoms with Crippen LogP contribution in [0.25, 0.3) is 0 Å². The molecule has 0 rings (SSSR count). The summed E-state index contributed by atoms with van der Waals surface area (Å²) in [5.74, 6) is -0.128. The molecule has 0 fully saturated rings. The van der Waals surface area contributed by atoms with Crippen LogP contribution in [0.4, 0.5) is 0 Å². The molecule has 0 amide bonds. The normalized spacial score (nSPS) is 14.8. The number of hydrogen-bond donors (Lipinski definition) is 0. The number of carbonyl (C=O) groups is 1. The van der Waals surface area contributed by atoms with E-state index in [1.54, 1.807) is 0 Å². The average Bonchev–Trinajstić information content (AvgIpc) is 2.32. The molecule has 22 heavy (non-hydrogen) atoms. The fourth-order valence-corrected chi connectivity index (χ4v) is 9.28. The van der Waals surface area contributed by atoms with Crippen molar-refractivity contribution in [2.75, 3.05) is 0 Å². The molecule has 3 nitrogen and oxygen atoms in total. The summed E-state index contributed by atoms with van der Waals surface area (Å²) in [6, 6.07) is 0.745. The molecule has 5 heteroatoms. The SMILES string of the molecule is CC(C[Si]OC(C)(C)C)C(=O)O[Si](C(C)C)(C(C)C)C(C)C. The van der Waals surface area contributed by atoms with Gasteiger partial charge in [0, 0.05) is 5.60 Å². The van der Waals surface area contributed by atoms with E-state index >= 15 is 0 Å². The van der Waals surface area contributed by atoms with E-state index in [4.69, 9.17) is 8.85 Å². The minimum absolute atomic E-state index is 0.0345. The summed E-state index contributed by atoms with van der Waals surface area (Å²) in [6.07, 6.45) is 0. The summed E-state index contributed by atoms with van der Waals surface area (Å²) in [5.41, 5.74) is 1.14. The van der Waals surface area contributed by atoms with Crippen LogP contribution in [-0.4, -0.2) is 29.7 Å². The summed E-state index contributed by atoms with van der Waals surface area (Å²) in [6.45, 7) is 21.3. The number of hydrogen-bond acceptors (Lipinski definition) is 3. The number of carbonyl (C=O) groups excluding carboxylic acids is 1. The molecule has 1 atom stereocenters. The summed E-state index contributed by atoms with van der Waals surface area (Å²) in [7, 11) is -1.78. The lowest BCUT2D eigenvalue weighted by atomic mass is 10.2. The van der Waals surface area contributed by atoms with Crippen LogP contribution >= 0.6 is 0 Å². The van der Waals surface area contributed by atoms with Gasteiger partial charge in [-0.2, -0.15) is 0 Å². The highest BCUT2D eigenvalue weighted by atomic mass is 28.4. The molecule has 0 heterocycles. The van der Waals surface area contributed by atoms with Crippen LogP contribution in [0.2, 0.25) is 22.7 Å². The highest BCUT2D eigenvalue weighted by Crippen LogP contribution is 2.42. The maximum Gasteiger partial charge on any atom is 0.295 e. The standard InChI is InChI=1S/C17H36O3Si2/c1-12(2)22(13(3)4,14(5)6)19-16(18)15(7)11-21-20-17(8,9)10/h12-15H,11H2,1-10H3. The second-order valence-corrected chi connectivity index (χ2v) is 14.5. The first-order valence-corrected chi connectivity index (χ1v) is 11.7. The molecule has 0 aromatic heterocycles. The molecule has 0 aromatic rings. The molecule has 0 aliphatic heterocycles. The fourth-order valence-electron chi connectivity index (χ4n) is 3.09. The lowest BCUT2D eigenvalue weighted by Gasteiger charge is -2.41. The topological polar surface area (TPSA) is 35.5 Å². The van der Waals surface area contributed by atoms with E-state index in [0.717, 1.165) is 6.04 Å². The average molecular weight is 345 g/mol. The second kappa shape index (κ2) is 8.64. The summed E-state index contributed by atoms with van der Waals surface area (Å²) in [5, 5.41) is 0. The largest absolute Gasteiger partial charge is 0.518 e. The molecular weight excluding hydrogens is 308 g/mol. The molecule has 0 spiro atoms. The van der Waals surface area contributed by atoms with Crippen molar-refractivity contribution in [1.82, 2.24) is 0 Å². The minimum Gasteiger partial charge on any atom is -0.518 e. The monoisotopic (exact) mass is 344 g/mol. The molecule has 0 aromatic carbocycles. The van der Waals surface area contributed by atoms with Gasteiger partial charge in [0.25, 0.3) is 14.3 Å².